The van der Waals surface area contributed by atoms with Gasteiger partial charge >= 0.3 is 0 Å². The Morgan fingerprint density at radius 1 is 0.360 bits per heavy atom. The van der Waals surface area contributed by atoms with Crippen molar-refractivity contribution in [2.24, 2.45) is 0 Å². The van der Waals surface area contributed by atoms with Crippen LogP contribution in [0.4, 0.5) is 0 Å². The predicted molar refractivity (Wildman–Crippen MR) is 314 cm³/mol. The van der Waals surface area contributed by atoms with Crippen molar-refractivity contribution >= 4 is 66.6 Å². The minimum absolute atomic E-state index is 0.609. The summed E-state index contributed by atoms with van der Waals surface area (Å²) in [5, 5.41) is 16.6. The molecule has 1 aromatic heterocycles. The first kappa shape index (κ1) is 44.8. The summed E-state index contributed by atoms with van der Waals surface area (Å²) >= 11 is 0. The van der Waals surface area contributed by atoms with E-state index in [9.17, 15) is 5.26 Å². The van der Waals surface area contributed by atoms with Crippen LogP contribution >= 0.6 is 0 Å². The lowest BCUT2D eigenvalue weighted by Gasteiger charge is -2.15. The van der Waals surface area contributed by atoms with Gasteiger partial charge in [0.2, 0.25) is 0 Å². The standard InChI is InChI=1S/C72H47N3/c73-48-51-29-39-63(40-30-51)75-71-65-42-38-61(54-33-27-50(28-34-54)44-67(57-20-9-3-10-21-57)58-22-11-4-12-23-58)47-69(65)68-46-60(37-41-64(68)70(71)74-72(75)62-36-35-52-15-13-14-24-59(52)45-62)53-31-25-49(26-32-53)43-66(55-16-5-1-6-17-55)56-18-7-2-8-19-56/h1-47H. The quantitative estimate of drug-likeness (QED) is 0.101. The Balaban J connectivity index is 0.989. The molecule has 0 spiro atoms. The first-order valence-corrected chi connectivity index (χ1v) is 25.4. The number of rotatable bonds is 10. The topological polar surface area (TPSA) is 41.6 Å². The van der Waals surface area contributed by atoms with Gasteiger partial charge in [0, 0.05) is 22.0 Å². The van der Waals surface area contributed by atoms with E-state index in [2.05, 4.69) is 272 Å². The number of imidazole rings is 1. The zero-order chi connectivity index (χ0) is 50.1. The molecule has 0 aliphatic heterocycles. The summed E-state index contributed by atoms with van der Waals surface area (Å²) in [6, 6.07) is 99.3. The SMILES string of the molecule is N#Cc1ccc(-n2c(-c3ccc4ccccc4c3)nc3c4ccc(-c5ccc(C=C(c6ccccc6)c6ccccc6)cc5)cc4c4cc(-c5ccc(C=C(c6ccccc6)c6ccccc6)cc5)ccc4c32)cc1. The normalized spacial score (nSPS) is 11.2. The average molecular weight is 954 g/mol. The van der Waals surface area contributed by atoms with E-state index in [4.69, 9.17) is 4.98 Å². The highest BCUT2D eigenvalue weighted by Gasteiger charge is 2.22. The Bertz CT molecular complexity index is 4250. The maximum atomic E-state index is 9.86. The molecule has 3 nitrogen and oxygen atoms in total. The molecular formula is C72H47N3. The Morgan fingerprint density at radius 2 is 0.787 bits per heavy atom. The highest BCUT2D eigenvalue weighted by Crippen LogP contribution is 2.43. The minimum atomic E-state index is 0.609. The molecule has 0 aliphatic carbocycles. The Morgan fingerprint density at radius 3 is 1.28 bits per heavy atom. The predicted octanol–water partition coefficient (Wildman–Crippen LogP) is 18.5. The molecule has 0 fully saturated rings. The van der Waals surface area contributed by atoms with Crippen molar-refractivity contribution in [3.05, 3.63) is 312 Å². The second kappa shape index (κ2) is 19.5. The number of aromatic nitrogens is 2. The minimum Gasteiger partial charge on any atom is -0.292 e. The summed E-state index contributed by atoms with van der Waals surface area (Å²) in [5.74, 6) is 0.838. The van der Waals surface area contributed by atoms with Gasteiger partial charge in [0.15, 0.2) is 0 Å². The highest BCUT2D eigenvalue weighted by atomic mass is 15.1. The first-order valence-electron chi connectivity index (χ1n) is 25.4. The molecule has 0 radical (unpaired) electrons. The molecule has 0 saturated heterocycles. The van der Waals surface area contributed by atoms with Gasteiger partial charge in [-0.25, -0.2) is 4.98 Å². The van der Waals surface area contributed by atoms with Gasteiger partial charge in [-0.05, 0) is 143 Å². The fourth-order valence-electron chi connectivity index (χ4n) is 10.6. The van der Waals surface area contributed by atoms with Gasteiger partial charge in [0.1, 0.15) is 5.82 Å². The van der Waals surface area contributed by atoms with Crippen LogP contribution in [0.25, 0.3) is 106 Å². The van der Waals surface area contributed by atoms with E-state index in [0.717, 1.165) is 88.4 Å². The molecule has 0 aliphatic rings. The Kier molecular flexibility index (Phi) is 11.6. The molecule has 0 saturated carbocycles. The van der Waals surface area contributed by atoms with Crippen LogP contribution in [0.5, 0.6) is 0 Å². The van der Waals surface area contributed by atoms with E-state index in [0.29, 0.717) is 5.56 Å². The monoisotopic (exact) mass is 953 g/mol. The summed E-state index contributed by atoms with van der Waals surface area (Å²) in [6.07, 6.45) is 4.57. The van der Waals surface area contributed by atoms with E-state index >= 15 is 0 Å². The number of hydrogen-bond donors (Lipinski definition) is 0. The number of nitriles is 1. The fraction of sp³-hybridized carbons (Fsp3) is 0. The van der Waals surface area contributed by atoms with Gasteiger partial charge in [-0.15, -0.1) is 0 Å². The van der Waals surface area contributed by atoms with Crippen LogP contribution in [0.2, 0.25) is 0 Å². The summed E-state index contributed by atoms with van der Waals surface area (Å²) in [4.78, 5) is 5.62. The average Bonchev–Trinajstić information content (AvgIpc) is 3.93. The molecule has 0 N–H and O–H groups in total. The van der Waals surface area contributed by atoms with Crippen molar-refractivity contribution in [2.75, 3.05) is 0 Å². The molecular weight excluding hydrogens is 907 g/mol. The van der Waals surface area contributed by atoms with Gasteiger partial charge in [0.05, 0.1) is 22.7 Å². The highest BCUT2D eigenvalue weighted by molar-refractivity contribution is 6.25. The zero-order valence-electron chi connectivity index (χ0n) is 41.0. The van der Waals surface area contributed by atoms with Crippen LogP contribution in [0, 0.1) is 11.3 Å². The van der Waals surface area contributed by atoms with Gasteiger partial charge in [0.25, 0.3) is 0 Å². The molecule has 0 amide bonds. The summed E-state index contributed by atoms with van der Waals surface area (Å²) < 4.78 is 2.29. The van der Waals surface area contributed by atoms with Crippen LogP contribution in [0.15, 0.2) is 273 Å². The maximum absolute atomic E-state index is 9.86. The van der Waals surface area contributed by atoms with Crippen LogP contribution in [-0.4, -0.2) is 9.55 Å². The largest absolute Gasteiger partial charge is 0.292 e. The van der Waals surface area contributed by atoms with E-state index in [1.807, 2.05) is 24.3 Å². The van der Waals surface area contributed by atoms with Gasteiger partial charge < -0.3 is 0 Å². The van der Waals surface area contributed by atoms with E-state index in [1.165, 1.54) is 38.8 Å². The molecule has 350 valence electrons. The molecule has 0 atom stereocenters. The van der Waals surface area contributed by atoms with Gasteiger partial charge in [-0.2, -0.15) is 5.26 Å². The lowest BCUT2D eigenvalue weighted by molar-refractivity contribution is 1.11. The van der Waals surface area contributed by atoms with Crippen LogP contribution in [0.3, 0.4) is 0 Å². The summed E-state index contributed by atoms with van der Waals surface area (Å²) in [5.41, 5.74) is 18.3. The van der Waals surface area contributed by atoms with Crippen LogP contribution in [-0.2, 0) is 0 Å². The third kappa shape index (κ3) is 8.67. The number of benzene rings is 12. The van der Waals surface area contributed by atoms with Crippen molar-refractivity contribution in [2.45, 2.75) is 0 Å². The van der Waals surface area contributed by atoms with Gasteiger partial charge in [-0.3, -0.25) is 4.57 Å². The second-order valence-corrected chi connectivity index (χ2v) is 19.0. The van der Waals surface area contributed by atoms with Crippen molar-refractivity contribution in [3.63, 3.8) is 0 Å². The maximum Gasteiger partial charge on any atom is 0.145 e. The molecule has 0 bridgehead atoms. The summed E-state index contributed by atoms with van der Waals surface area (Å²) in [6.45, 7) is 0. The Labute approximate surface area is 436 Å². The zero-order valence-corrected chi connectivity index (χ0v) is 41.0. The number of nitrogens with zero attached hydrogens (tertiary/aromatic N) is 3. The van der Waals surface area contributed by atoms with E-state index < -0.39 is 0 Å². The van der Waals surface area contributed by atoms with Crippen molar-refractivity contribution in [1.82, 2.24) is 9.55 Å². The third-order valence-corrected chi connectivity index (χ3v) is 14.4. The van der Waals surface area contributed by atoms with Crippen molar-refractivity contribution in [3.8, 4) is 45.4 Å². The molecule has 0 unspecified atom stereocenters. The summed E-state index contributed by atoms with van der Waals surface area (Å²) in [7, 11) is 0. The molecule has 3 heteroatoms. The molecule has 1 heterocycles. The first-order chi connectivity index (χ1) is 37.1. The smallest absolute Gasteiger partial charge is 0.145 e. The Hall–Kier alpha value is -10.1. The third-order valence-electron chi connectivity index (χ3n) is 14.4. The van der Waals surface area contributed by atoms with E-state index in [1.54, 1.807) is 0 Å². The lowest BCUT2D eigenvalue weighted by atomic mass is 9.92. The van der Waals surface area contributed by atoms with E-state index in [-0.39, 0.29) is 0 Å². The molecule has 13 rings (SSSR count). The molecule has 12 aromatic carbocycles. The van der Waals surface area contributed by atoms with Crippen molar-refractivity contribution < 1.29 is 0 Å². The fourth-order valence-corrected chi connectivity index (χ4v) is 10.6. The van der Waals surface area contributed by atoms with Crippen LogP contribution < -0.4 is 0 Å². The number of hydrogen-bond acceptors (Lipinski definition) is 2. The van der Waals surface area contributed by atoms with Crippen LogP contribution in [0.1, 0.15) is 38.9 Å². The molecule has 75 heavy (non-hydrogen) atoms. The van der Waals surface area contributed by atoms with Gasteiger partial charge in [-0.1, -0.05) is 231 Å². The number of fused-ring (bicyclic) bond motifs is 7. The van der Waals surface area contributed by atoms with Crippen molar-refractivity contribution in [1.29, 1.82) is 5.26 Å². The molecule has 13 aromatic rings. The lowest BCUT2D eigenvalue weighted by Crippen LogP contribution is -1.98. The second-order valence-electron chi connectivity index (χ2n) is 19.0.